The van der Waals surface area contributed by atoms with E-state index in [4.69, 9.17) is 13.9 Å². The van der Waals surface area contributed by atoms with Crippen LogP contribution in [0.25, 0.3) is 6.08 Å². The topological polar surface area (TPSA) is 78.1 Å². The Morgan fingerprint density at radius 2 is 1.82 bits per heavy atom. The maximum Gasteiger partial charge on any atom is 0.379 e. The molecular weight excluding hydrogens is 426 g/mol. The number of esters is 2. The fraction of sp³-hybridized carbons (Fsp3) is 0. The number of furan rings is 1. The number of ether oxygens (including phenoxy) is 2. The summed E-state index contributed by atoms with van der Waals surface area (Å²) in [5.74, 6) is -0.641. The molecule has 1 aliphatic heterocycles. The Hall–Kier alpha value is -3.45. The van der Waals surface area contributed by atoms with Gasteiger partial charge in [-0.1, -0.05) is 34.1 Å². The van der Waals surface area contributed by atoms with Crippen LogP contribution in [0.1, 0.15) is 21.7 Å². The molecule has 4 rings (SSSR count). The summed E-state index contributed by atoms with van der Waals surface area (Å²) >= 11 is 3.36. The van der Waals surface area contributed by atoms with E-state index in [1.54, 1.807) is 42.5 Å². The molecule has 0 saturated carbocycles. The van der Waals surface area contributed by atoms with Crippen LogP contribution in [0.3, 0.4) is 0 Å². The molecular formula is C21H12BrNO5. The first-order chi connectivity index (χ1) is 13.6. The van der Waals surface area contributed by atoms with Gasteiger partial charge in [0.25, 0.3) is 0 Å². The zero-order valence-electron chi connectivity index (χ0n) is 14.3. The number of carbonyl (C=O) groups is 2. The van der Waals surface area contributed by atoms with Crippen molar-refractivity contribution in [1.82, 2.24) is 0 Å². The maximum atomic E-state index is 12.2. The summed E-state index contributed by atoms with van der Waals surface area (Å²) in [7, 11) is 0. The van der Waals surface area contributed by atoms with Gasteiger partial charge in [-0.05, 0) is 48.5 Å². The van der Waals surface area contributed by atoms with Crippen molar-refractivity contribution in [2.75, 3.05) is 0 Å². The fourth-order valence-corrected chi connectivity index (χ4v) is 2.77. The third-order valence-corrected chi connectivity index (χ3v) is 4.38. The van der Waals surface area contributed by atoms with Crippen LogP contribution >= 0.6 is 15.9 Å². The van der Waals surface area contributed by atoms with Gasteiger partial charge in [0.2, 0.25) is 11.7 Å². The molecule has 0 aliphatic carbocycles. The van der Waals surface area contributed by atoms with Gasteiger partial charge in [-0.25, -0.2) is 14.6 Å². The van der Waals surface area contributed by atoms with E-state index in [2.05, 4.69) is 20.9 Å². The molecule has 0 unspecified atom stereocenters. The van der Waals surface area contributed by atoms with E-state index >= 15 is 0 Å². The molecule has 0 bridgehead atoms. The van der Waals surface area contributed by atoms with Crippen molar-refractivity contribution in [2.24, 2.45) is 4.99 Å². The van der Waals surface area contributed by atoms with E-state index in [1.165, 1.54) is 18.4 Å². The first-order valence-corrected chi connectivity index (χ1v) is 9.03. The Kier molecular flexibility index (Phi) is 4.90. The minimum Gasteiger partial charge on any atom is -0.457 e. The van der Waals surface area contributed by atoms with Crippen LogP contribution in [-0.2, 0) is 9.53 Å². The first kappa shape index (κ1) is 17.9. The van der Waals surface area contributed by atoms with E-state index in [0.29, 0.717) is 11.1 Å². The second-order valence-electron chi connectivity index (χ2n) is 5.75. The van der Waals surface area contributed by atoms with Gasteiger partial charge < -0.3 is 13.9 Å². The lowest BCUT2D eigenvalue weighted by Gasteiger charge is -2.06. The molecule has 2 heterocycles. The van der Waals surface area contributed by atoms with Crippen molar-refractivity contribution in [3.8, 4) is 5.75 Å². The van der Waals surface area contributed by atoms with Gasteiger partial charge in [0.05, 0.1) is 6.26 Å². The van der Waals surface area contributed by atoms with Crippen LogP contribution in [0.2, 0.25) is 0 Å². The Labute approximate surface area is 168 Å². The second kappa shape index (κ2) is 7.66. The lowest BCUT2D eigenvalue weighted by molar-refractivity contribution is -0.129. The third kappa shape index (κ3) is 3.79. The predicted molar refractivity (Wildman–Crippen MR) is 105 cm³/mol. The summed E-state index contributed by atoms with van der Waals surface area (Å²) in [5.41, 5.74) is 1.30. The molecule has 28 heavy (non-hydrogen) atoms. The quantitative estimate of drug-likeness (QED) is 0.338. The fourth-order valence-electron chi connectivity index (χ4n) is 2.51. The minimum absolute atomic E-state index is 0.0817. The lowest BCUT2D eigenvalue weighted by Crippen LogP contribution is -2.08. The maximum absolute atomic E-state index is 12.2. The predicted octanol–water partition coefficient (Wildman–Crippen LogP) is 4.61. The summed E-state index contributed by atoms with van der Waals surface area (Å²) < 4.78 is 16.6. The van der Waals surface area contributed by atoms with Gasteiger partial charge in [-0.15, -0.1) is 0 Å². The highest BCUT2D eigenvalue weighted by atomic mass is 79.9. The summed E-state index contributed by atoms with van der Waals surface area (Å²) in [4.78, 5) is 28.6. The first-order valence-electron chi connectivity index (χ1n) is 8.23. The highest BCUT2D eigenvalue weighted by Gasteiger charge is 2.24. The Morgan fingerprint density at radius 3 is 2.57 bits per heavy atom. The van der Waals surface area contributed by atoms with Crippen molar-refractivity contribution in [3.05, 3.63) is 94.0 Å². The number of benzene rings is 2. The molecule has 0 saturated heterocycles. The van der Waals surface area contributed by atoms with Gasteiger partial charge in [0.15, 0.2) is 5.70 Å². The van der Waals surface area contributed by atoms with Gasteiger partial charge >= 0.3 is 11.9 Å². The molecule has 1 aromatic heterocycles. The normalized spacial score (nSPS) is 14.7. The largest absolute Gasteiger partial charge is 0.457 e. The summed E-state index contributed by atoms with van der Waals surface area (Å²) in [6.45, 7) is 0. The summed E-state index contributed by atoms with van der Waals surface area (Å²) in [6.07, 6.45) is 2.90. The number of hydrogen-bond acceptors (Lipinski definition) is 6. The van der Waals surface area contributed by atoms with Crippen molar-refractivity contribution in [2.45, 2.75) is 0 Å². The Bertz CT molecular complexity index is 1100. The molecule has 0 radical (unpaired) electrons. The molecule has 0 spiro atoms. The third-order valence-electron chi connectivity index (χ3n) is 3.85. The molecule has 0 amide bonds. The van der Waals surface area contributed by atoms with Crippen LogP contribution in [0, 0.1) is 0 Å². The molecule has 2 aromatic carbocycles. The van der Waals surface area contributed by atoms with E-state index in [-0.39, 0.29) is 23.1 Å². The average Bonchev–Trinajstić information content (AvgIpc) is 3.35. The number of rotatable bonds is 4. The zero-order chi connectivity index (χ0) is 19.5. The Morgan fingerprint density at radius 1 is 1.04 bits per heavy atom. The molecule has 0 atom stereocenters. The molecule has 3 aromatic rings. The molecule has 0 fully saturated rings. The van der Waals surface area contributed by atoms with Crippen molar-refractivity contribution in [3.63, 3.8) is 0 Å². The zero-order valence-corrected chi connectivity index (χ0v) is 15.9. The van der Waals surface area contributed by atoms with E-state index < -0.39 is 11.9 Å². The lowest BCUT2D eigenvalue weighted by atomic mass is 10.1. The number of carbonyl (C=O) groups excluding carboxylic acids is 2. The van der Waals surface area contributed by atoms with Gasteiger partial charge in [0, 0.05) is 15.6 Å². The van der Waals surface area contributed by atoms with Gasteiger partial charge in [0.1, 0.15) is 5.75 Å². The number of nitrogens with zero attached hydrogens (tertiary/aromatic N) is 1. The van der Waals surface area contributed by atoms with Crippen molar-refractivity contribution in [1.29, 1.82) is 0 Å². The van der Waals surface area contributed by atoms with Crippen LogP contribution in [0.15, 0.2) is 86.5 Å². The average molecular weight is 438 g/mol. The van der Waals surface area contributed by atoms with Crippen LogP contribution in [-0.4, -0.2) is 17.8 Å². The van der Waals surface area contributed by atoms with E-state index in [0.717, 1.165) is 4.47 Å². The molecule has 7 heteroatoms. The van der Waals surface area contributed by atoms with Crippen molar-refractivity contribution >= 4 is 39.8 Å². The standard InChI is InChI=1S/C21H12BrNO5/c22-15-9-7-13(8-10-15)19-23-16(20(24)28-19)12-14-4-1-2-5-17(14)27-21(25)18-6-3-11-26-18/h1-12H/b16-12+. The van der Waals surface area contributed by atoms with E-state index in [1.807, 2.05) is 12.1 Å². The van der Waals surface area contributed by atoms with Crippen LogP contribution in [0.5, 0.6) is 5.75 Å². The smallest absolute Gasteiger partial charge is 0.379 e. The molecule has 138 valence electrons. The summed E-state index contributed by atoms with van der Waals surface area (Å²) in [5, 5.41) is 0. The number of para-hydroxylation sites is 1. The number of hydrogen-bond donors (Lipinski definition) is 0. The second-order valence-corrected chi connectivity index (χ2v) is 6.66. The highest BCUT2D eigenvalue weighted by Crippen LogP contribution is 2.26. The number of aliphatic imine (C=N–C) groups is 1. The monoisotopic (exact) mass is 437 g/mol. The summed E-state index contributed by atoms with van der Waals surface area (Å²) in [6, 6.07) is 17.1. The van der Waals surface area contributed by atoms with Crippen LogP contribution in [0.4, 0.5) is 0 Å². The molecule has 1 aliphatic rings. The number of cyclic esters (lactones) is 1. The van der Waals surface area contributed by atoms with Gasteiger partial charge in [-0.3, -0.25) is 0 Å². The molecule has 6 nitrogen and oxygen atoms in total. The SMILES string of the molecule is O=C1OC(c2ccc(Br)cc2)=N/C1=C/c1ccccc1OC(=O)c1ccco1. The Balaban J connectivity index is 1.62. The van der Waals surface area contributed by atoms with E-state index in [9.17, 15) is 9.59 Å². The molecule has 0 N–H and O–H groups in total. The van der Waals surface area contributed by atoms with Crippen molar-refractivity contribution < 1.29 is 23.5 Å². The number of halogens is 1. The van der Waals surface area contributed by atoms with Crippen LogP contribution < -0.4 is 4.74 Å². The minimum atomic E-state index is -0.635. The highest BCUT2D eigenvalue weighted by molar-refractivity contribution is 9.10. The van der Waals surface area contributed by atoms with Gasteiger partial charge in [-0.2, -0.15) is 0 Å².